The molecule has 0 atom stereocenters. The summed E-state index contributed by atoms with van der Waals surface area (Å²) in [5.74, 6) is 1.58. The Hall–Kier alpha value is -1.01. The molecule has 3 nitrogen and oxygen atoms in total. The molecule has 0 saturated heterocycles. The Labute approximate surface area is 122 Å². The molecule has 0 aromatic heterocycles. The minimum atomic E-state index is 0.219. The fraction of sp³-hybridized carbons (Fsp3) is 0.286. The van der Waals surface area contributed by atoms with Gasteiger partial charge in [-0.15, -0.1) is 0 Å². The second kappa shape index (κ2) is 7.43. The Kier molecular flexibility index (Phi) is 6.21. The second-order valence-electron chi connectivity index (χ2n) is 3.76. The van der Waals surface area contributed by atoms with Gasteiger partial charge in [0.05, 0.1) is 10.7 Å². The predicted molar refractivity (Wildman–Crippen MR) is 82.1 cm³/mol. The molecule has 1 rings (SSSR count). The van der Waals surface area contributed by atoms with E-state index in [4.69, 9.17) is 14.2 Å². The Balaban J connectivity index is 3.12. The van der Waals surface area contributed by atoms with Crippen LogP contribution in [0.15, 0.2) is 30.4 Å². The van der Waals surface area contributed by atoms with Gasteiger partial charge >= 0.3 is 0 Å². The summed E-state index contributed by atoms with van der Waals surface area (Å²) in [5, 5.41) is 0. The maximum atomic E-state index is 5.54. The largest absolute Gasteiger partial charge is 0.496 e. The Bertz CT molecular complexity index is 453. The fourth-order valence-corrected chi connectivity index (χ4v) is 1.98. The third kappa shape index (κ3) is 4.34. The van der Waals surface area contributed by atoms with Crippen LogP contribution in [0.5, 0.6) is 11.5 Å². The summed E-state index contributed by atoms with van der Waals surface area (Å²) in [6, 6.07) is 3.86. The molecule has 0 aliphatic rings. The number of methoxy groups -OCH3 is 2. The highest BCUT2D eigenvalue weighted by Crippen LogP contribution is 2.31. The van der Waals surface area contributed by atoms with E-state index in [1.54, 1.807) is 14.2 Å². The van der Waals surface area contributed by atoms with Crippen LogP contribution < -0.4 is 9.47 Å². The summed E-state index contributed by atoms with van der Waals surface area (Å²) >= 11 is 2.21. The molecule has 0 aliphatic heterocycles. The quantitative estimate of drug-likeness (QED) is 0.438. The molecule has 1 aromatic carbocycles. The molecule has 0 bridgehead atoms. The first-order valence-corrected chi connectivity index (χ1v) is 6.49. The summed E-state index contributed by atoms with van der Waals surface area (Å²) < 4.78 is 16.8. The van der Waals surface area contributed by atoms with Crippen molar-refractivity contribution in [2.75, 3.05) is 21.0 Å². The Morgan fingerprint density at radius 1 is 1.33 bits per heavy atom. The van der Waals surface area contributed by atoms with Crippen LogP contribution in [-0.4, -0.2) is 21.0 Å². The maximum absolute atomic E-state index is 5.54. The molecule has 0 aliphatic carbocycles. The molecule has 18 heavy (non-hydrogen) atoms. The molecule has 0 unspecified atom stereocenters. The molecule has 4 heteroatoms. The predicted octanol–water partition coefficient (Wildman–Crippen LogP) is 3.87. The van der Waals surface area contributed by atoms with Gasteiger partial charge in [-0.25, -0.2) is 0 Å². The zero-order valence-corrected chi connectivity index (χ0v) is 13.0. The van der Waals surface area contributed by atoms with E-state index < -0.39 is 0 Å². The van der Waals surface area contributed by atoms with Crippen molar-refractivity contribution in [3.63, 3.8) is 0 Å². The number of allylic oxidation sites excluding steroid dienone is 2. The summed E-state index contributed by atoms with van der Waals surface area (Å²) in [4.78, 5) is 0. The number of halogens is 1. The van der Waals surface area contributed by atoms with E-state index in [2.05, 4.69) is 29.2 Å². The maximum Gasteiger partial charge on any atom is 0.188 e. The van der Waals surface area contributed by atoms with Gasteiger partial charge in [0, 0.05) is 12.7 Å². The first kappa shape index (κ1) is 15.0. The molecule has 1 aromatic rings. The minimum Gasteiger partial charge on any atom is -0.496 e. The van der Waals surface area contributed by atoms with E-state index in [1.807, 2.05) is 31.2 Å². The lowest BCUT2D eigenvalue weighted by molar-refractivity contribution is 0.0509. The molecular formula is C14H17IO3. The van der Waals surface area contributed by atoms with Crippen molar-refractivity contribution in [1.82, 2.24) is 0 Å². The van der Waals surface area contributed by atoms with Crippen molar-refractivity contribution >= 4 is 28.7 Å². The third-order valence-corrected chi connectivity index (χ3v) is 3.01. The lowest BCUT2D eigenvalue weighted by atomic mass is 10.1. The van der Waals surface area contributed by atoms with E-state index in [0.29, 0.717) is 0 Å². The Morgan fingerprint density at radius 3 is 2.61 bits per heavy atom. The minimum absolute atomic E-state index is 0.219. The van der Waals surface area contributed by atoms with Crippen molar-refractivity contribution < 1.29 is 14.2 Å². The number of rotatable bonds is 6. The van der Waals surface area contributed by atoms with Crippen LogP contribution in [0.3, 0.4) is 0 Å². The lowest BCUT2D eigenvalue weighted by Gasteiger charge is -2.11. The van der Waals surface area contributed by atoms with Gasteiger partial charge in [-0.05, 0) is 41.6 Å². The molecular weight excluding hydrogens is 343 g/mol. The van der Waals surface area contributed by atoms with E-state index in [1.165, 1.54) is 0 Å². The molecule has 0 spiro atoms. The first-order chi connectivity index (χ1) is 8.58. The van der Waals surface area contributed by atoms with Crippen molar-refractivity contribution in [1.29, 1.82) is 0 Å². The van der Waals surface area contributed by atoms with Gasteiger partial charge in [0.2, 0.25) is 0 Å². The fourth-order valence-electron chi connectivity index (χ4n) is 1.32. The average molecular weight is 360 g/mol. The van der Waals surface area contributed by atoms with Gasteiger partial charge in [0.1, 0.15) is 11.5 Å². The molecule has 0 heterocycles. The van der Waals surface area contributed by atoms with Gasteiger partial charge in [0.25, 0.3) is 0 Å². The second-order valence-corrected chi connectivity index (χ2v) is 4.92. The summed E-state index contributed by atoms with van der Waals surface area (Å²) in [5.41, 5.74) is 1.91. The smallest absolute Gasteiger partial charge is 0.188 e. The van der Waals surface area contributed by atoms with Gasteiger partial charge < -0.3 is 14.2 Å². The van der Waals surface area contributed by atoms with Crippen LogP contribution in [-0.2, 0) is 4.74 Å². The number of hydrogen-bond acceptors (Lipinski definition) is 3. The van der Waals surface area contributed by atoms with E-state index in [0.717, 1.165) is 26.2 Å². The van der Waals surface area contributed by atoms with E-state index in [9.17, 15) is 0 Å². The van der Waals surface area contributed by atoms with E-state index >= 15 is 0 Å². The highest BCUT2D eigenvalue weighted by molar-refractivity contribution is 14.1. The number of ether oxygens (including phenoxy) is 3. The standard InChI is InChI=1S/C14H17IO3/c1-10(2)5-6-11-7-14(17-4)12(15)8-13(11)18-9-16-3/h5-8H,1,9H2,2-4H3. The van der Waals surface area contributed by atoms with Gasteiger partial charge in [0.15, 0.2) is 6.79 Å². The third-order valence-electron chi connectivity index (χ3n) is 2.16. The molecule has 0 amide bonds. The van der Waals surface area contributed by atoms with Gasteiger partial charge in [-0.2, -0.15) is 0 Å². The first-order valence-electron chi connectivity index (χ1n) is 5.41. The lowest BCUT2D eigenvalue weighted by Crippen LogP contribution is -2.01. The van der Waals surface area contributed by atoms with Crippen LogP contribution in [0.1, 0.15) is 12.5 Å². The average Bonchev–Trinajstić information content (AvgIpc) is 2.34. The van der Waals surface area contributed by atoms with Crippen molar-refractivity contribution in [2.45, 2.75) is 6.92 Å². The van der Waals surface area contributed by atoms with Crippen LogP contribution in [0.25, 0.3) is 6.08 Å². The highest BCUT2D eigenvalue weighted by Gasteiger charge is 2.08. The van der Waals surface area contributed by atoms with Crippen LogP contribution in [0, 0.1) is 3.57 Å². The van der Waals surface area contributed by atoms with E-state index in [-0.39, 0.29) is 6.79 Å². The molecule has 0 fully saturated rings. The van der Waals surface area contributed by atoms with Crippen molar-refractivity contribution in [3.8, 4) is 11.5 Å². The number of hydrogen-bond donors (Lipinski definition) is 0. The van der Waals surface area contributed by atoms with Crippen LogP contribution >= 0.6 is 22.6 Å². The normalized spacial score (nSPS) is 10.7. The highest BCUT2D eigenvalue weighted by atomic mass is 127. The zero-order chi connectivity index (χ0) is 13.5. The van der Waals surface area contributed by atoms with Crippen molar-refractivity contribution in [2.24, 2.45) is 0 Å². The van der Waals surface area contributed by atoms with Crippen LogP contribution in [0.2, 0.25) is 0 Å². The molecule has 0 saturated carbocycles. The van der Waals surface area contributed by atoms with Crippen molar-refractivity contribution in [3.05, 3.63) is 39.5 Å². The van der Waals surface area contributed by atoms with Crippen LogP contribution in [0.4, 0.5) is 0 Å². The van der Waals surface area contributed by atoms with Gasteiger partial charge in [-0.1, -0.05) is 24.3 Å². The number of benzene rings is 1. The van der Waals surface area contributed by atoms with Gasteiger partial charge in [-0.3, -0.25) is 0 Å². The topological polar surface area (TPSA) is 27.7 Å². The molecule has 98 valence electrons. The summed E-state index contributed by atoms with van der Waals surface area (Å²) in [7, 11) is 3.25. The Morgan fingerprint density at radius 2 is 2.06 bits per heavy atom. The monoisotopic (exact) mass is 360 g/mol. The SMILES string of the molecule is C=C(C)C=Cc1cc(OC)c(I)cc1OCOC. The zero-order valence-electron chi connectivity index (χ0n) is 10.8. The molecule has 0 radical (unpaired) electrons. The molecule has 0 N–H and O–H groups in total. The summed E-state index contributed by atoms with van der Waals surface area (Å²) in [6.07, 6.45) is 3.88. The summed E-state index contributed by atoms with van der Waals surface area (Å²) in [6.45, 7) is 6.00.